The lowest BCUT2D eigenvalue weighted by molar-refractivity contribution is -0.118. The summed E-state index contributed by atoms with van der Waals surface area (Å²) in [7, 11) is 4.74. The first-order valence-corrected chi connectivity index (χ1v) is 13.6. The number of aromatic nitrogens is 3. The summed E-state index contributed by atoms with van der Waals surface area (Å²) in [6, 6.07) is 21.4. The number of hydrogen-bond acceptors (Lipinski definition) is 8. The number of nitrogens with zero attached hydrogens (tertiary/aromatic N) is 4. The van der Waals surface area contributed by atoms with Crippen molar-refractivity contribution in [2.24, 2.45) is 5.10 Å². The average molecular weight is 560 g/mol. The standard InChI is InChI=1S/C30H33N5O4S/c1-30(2,3)22-12-10-20(11-13-22)28-33-34-29(35(28)23-14-16-24(37-4)17-15-23)40-19-26(36)32-31-18-21-8-7-9-25(38-5)27(21)39-6/h7-18H,19H2,1-6H3,(H,32,36)/b31-18-. The topological polar surface area (TPSA) is 99.9 Å². The summed E-state index contributed by atoms with van der Waals surface area (Å²) >= 11 is 1.27. The molecule has 4 rings (SSSR count). The molecule has 1 N–H and O–H groups in total. The van der Waals surface area contributed by atoms with Crippen molar-refractivity contribution in [3.63, 3.8) is 0 Å². The maximum Gasteiger partial charge on any atom is 0.250 e. The van der Waals surface area contributed by atoms with E-state index in [0.29, 0.717) is 28.0 Å². The van der Waals surface area contributed by atoms with Gasteiger partial charge in [0.05, 0.1) is 33.3 Å². The second-order valence-corrected chi connectivity index (χ2v) is 10.8. The van der Waals surface area contributed by atoms with Crippen LogP contribution >= 0.6 is 11.8 Å². The Balaban J connectivity index is 1.54. The van der Waals surface area contributed by atoms with E-state index >= 15 is 0 Å². The SMILES string of the molecule is COc1ccc(-n2c(SCC(=O)N/N=C\c3cccc(OC)c3OC)nnc2-c2ccc(C(C)(C)C)cc2)cc1. The third-order valence-corrected chi connectivity index (χ3v) is 7.06. The molecule has 0 radical (unpaired) electrons. The van der Waals surface area contributed by atoms with Crippen LogP contribution in [0.4, 0.5) is 0 Å². The van der Waals surface area contributed by atoms with Crippen molar-refractivity contribution in [1.82, 2.24) is 20.2 Å². The Bertz CT molecular complexity index is 1480. The zero-order valence-electron chi connectivity index (χ0n) is 23.5. The molecule has 0 fully saturated rings. The van der Waals surface area contributed by atoms with Gasteiger partial charge in [0.25, 0.3) is 5.91 Å². The van der Waals surface area contributed by atoms with Crippen LogP contribution in [0.25, 0.3) is 17.1 Å². The van der Waals surface area contributed by atoms with Crippen LogP contribution in [-0.4, -0.2) is 54.0 Å². The molecule has 0 aliphatic rings. The van der Waals surface area contributed by atoms with Crippen LogP contribution in [0.5, 0.6) is 17.2 Å². The normalized spacial score (nSPS) is 11.4. The summed E-state index contributed by atoms with van der Waals surface area (Å²) in [5, 5.41) is 13.6. The fourth-order valence-electron chi connectivity index (χ4n) is 3.98. The monoisotopic (exact) mass is 559 g/mol. The first kappa shape index (κ1) is 28.7. The van der Waals surface area contributed by atoms with E-state index < -0.39 is 0 Å². The number of carbonyl (C=O) groups is 1. The van der Waals surface area contributed by atoms with Gasteiger partial charge in [0.15, 0.2) is 22.5 Å². The smallest absolute Gasteiger partial charge is 0.250 e. The second kappa shape index (κ2) is 12.7. The van der Waals surface area contributed by atoms with E-state index in [2.05, 4.69) is 53.6 Å². The molecule has 9 nitrogen and oxygen atoms in total. The van der Waals surface area contributed by atoms with E-state index in [0.717, 1.165) is 17.0 Å². The number of nitrogens with one attached hydrogen (secondary N) is 1. The number of thioether (sulfide) groups is 1. The van der Waals surface area contributed by atoms with Crippen LogP contribution in [0.15, 0.2) is 77.0 Å². The molecule has 0 atom stereocenters. The summed E-state index contributed by atoms with van der Waals surface area (Å²) in [5.74, 6) is 2.33. The number of methoxy groups -OCH3 is 3. The van der Waals surface area contributed by atoms with E-state index in [-0.39, 0.29) is 17.1 Å². The van der Waals surface area contributed by atoms with Crippen LogP contribution in [-0.2, 0) is 10.2 Å². The van der Waals surface area contributed by atoms with Gasteiger partial charge in [-0.3, -0.25) is 9.36 Å². The van der Waals surface area contributed by atoms with Crippen LogP contribution in [0.1, 0.15) is 31.9 Å². The van der Waals surface area contributed by atoms with Crippen molar-refractivity contribution in [2.45, 2.75) is 31.3 Å². The highest BCUT2D eigenvalue weighted by molar-refractivity contribution is 7.99. The number of amides is 1. The highest BCUT2D eigenvalue weighted by atomic mass is 32.2. The molecule has 0 saturated heterocycles. The van der Waals surface area contributed by atoms with Gasteiger partial charge in [-0.05, 0) is 47.4 Å². The fraction of sp³-hybridized carbons (Fsp3) is 0.267. The molecule has 0 spiro atoms. The summed E-state index contributed by atoms with van der Waals surface area (Å²) in [4.78, 5) is 12.6. The first-order valence-electron chi connectivity index (χ1n) is 12.6. The molecule has 1 heterocycles. The molecule has 0 aliphatic heterocycles. The van der Waals surface area contributed by atoms with E-state index in [1.54, 1.807) is 27.4 Å². The Morgan fingerprint density at radius 3 is 2.30 bits per heavy atom. The Morgan fingerprint density at radius 1 is 0.950 bits per heavy atom. The van der Waals surface area contributed by atoms with Gasteiger partial charge in [-0.25, -0.2) is 5.43 Å². The molecule has 40 heavy (non-hydrogen) atoms. The third-order valence-electron chi connectivity index (χ3n) is 6.13. The predicted octanol–water partition coefficient (Wildman–Crippen LogP) is 5.50. The van der Waals surface area contributed by atoms with E-state index in [1.807, 2.05) is 53.1 Å². The van der Waals surface area contributed by atoms with E-state index in [1.165, 1.54) is 23.5 Å². The van der Waals surface area contributed by atoms with E-state index in [4.69, 9.17) is 14.2 Å². The summed E-state index contributed by atoms with van der Waals surface area (Å²) in [6.45, 7) is 6.54. The lowest BCUT2D eigenvalue weighted by Gasteiger charge is -2.19. The van der Waals surface area contributed by atoms with Gasteiger partial charge in [-0.2, -0.15) is 5.10 Å². The van der Waals surface area contributed by atoms with Crippen molar-refractivity contribution in [2.75, 3.05) is 27.1 Å². The minimum absolute atomic E-state index is 0.0384. The van der Waals surface area contributed by atoms with Crippen molar-refractivity contribution < 1.29 is 19.0 Å². The molecule has 208 valence electrons. The van der Waals surface area contributed by atoms with Crippen molar-refractivity contribution in [3.8, 4) is 34.3 Å². The number of para-hydroxylation sites is 1. The van der Waals surface area contributed by atoms with Crippen molar-refractivity contribution >= 4 is 23.9 Å². The van der Waals surface area contributed by atoms with Gasteiger partial charge < -0.3 is 14.2 Å². The Labute approximate surface area is 238 Å². The minimum atomic E-state index is -0.288. The van der Waals surface area contributed by atoms with Gasteiger partial charge in [-0.1, -0.05) is 62.9 Å². The molecule has 0 bridgehead atoms. The van der Waals surface area contributed by atoms with Crippen LogP contribution in [0.2, 0.25) is 0 Å². The zero-order valence-corrected chi connectivity index (χ0v) is 24.3. The first-order chi connectivity index (χ1) is 19.2. The molecule has 1 aromatic heterocycles. The Morgan fingerprint density at radius 2 is 1.68 bits per heavy atom. The van der Waals surface area contributed by atoms with Gasteiger partial charge >= 0.3 is 0 Å². The fourth-order valence-corrected chi connectivity index (χ4v) is 4.73. The zero-order chi connectivity index (χ0) is 28.7. The third kappa shape index (κ3) is 6.63. The summed E-state index contributed by atoms with van der Waals surface area (Å²) < 4.78 is 18.0. The molecule has 0 saturated carbocycles. The van der Waals surface area contributed by atoms with Gasteiger partial charge in [0, 0.05) is 16.8 Å². The molecule has 10 heteroatoms. The Hall–Kier alpha value is -4.31. The molecule has 0 unspecified atom stereocenters. The van der Waals surface area contributed by atoms with E-state index in [9.17, 15) is 4.79 Å². The van der Waals surface area contributed by atoms with Gasteiger partial charge in [0.2, 0.25) is 0 Å². The molecule has 3 aromatic carbocycles. The highest BCUT2D eigenvalue weighted by Gasteiger charge is 2.19. The quantitative estimate of drug-likeness (QED) is 0.156. The van der Waals surface area contributed by atoms with Crippen molar-refractivity contribution in [3.05, 3.63) is 77.9 Å². The number of hydrogen-bond donors (Lipinski definition) is 1. The highest BCUT2D eigenvalue weighted by Crippen LogP contribution is 2.31. The van der Waals surface area contributed by atoms with Crippen LogP contribution < -0.4 is 19.6 Å². The number of ether oxygens (including phenoxy) is 3. The van der Waals surface area contributed by atoms with Crippen LogP contribution in [0.3, 0.4) is 0 Å². The number of rotatable bonds is 10. The predicted molar refractivity (Wildman–Crippen MR) is 158 cm³/mol. The largest absolute Gasteiger partial charge is 0.497 e. The van der Waals surface area contributed by atoms with Crippen LogP contribution in [0, 0.1) is 0 Å². The summed E-state index contributed by atoms with van der Waals surface area (Å²) in [5.41, 5.74) is 6.28. The maximum atomic E-state index is 12.6. The maximum absolute atomic E-state index is 12.6. The second-order valence-electron chi connectivity index (χ2n) is 9.83. The molecule has 0 aliphatic carbocycles. The van der Waals surface area contributed by atoms with Gasteiger partial charge in [0.1, 0.15) is 5.75 Å². The Kier molecular flexibility index (Phi) is 9.11. The minimum Gasteiger partial charge on any atom is -0.497 e. The molecule has 4 aromatic rings. The average Bonchev–Trinajstić information content (AvgIpc) is 3.39. The lowest BCUT2D eigenvalue weighted by atomic mass is 9.87. The number of hydrazone groups is 1. The number of benzene rings is 3. The van der Waals surface area contributed by atoms with Gasteiger partial charge in [-0.15, -0.1) is 10.2 Å². The molecule has 1 amide bonds. The van der Waals surface area contributed by atoms with Crippen molar-refractivity contribution in [1.29, 1.82) is 0 Å². The number of carbonyl (C=O) groups excluding carboxylic acids is 1. The molecular formula is C30H33N5O4S. The summed E-state index contributed by atoms with van der Waals surface area (Å²) in [6.07, 6.45) is 1.52. The molecular weight excluding hydrogens is 526 g/mol. The lowest BCUT2D eigenvalue weighted by Crippen LogP contribution is -2.20.